The SMILES string of the molecule is COc1ncnc(C2CC2)c1-c1nc(N(C)C(C)c2ccc(-c3nc(C(F)(F)F)cn3C(C)C)cc2)c2nn(C)cc2n1. The average molecular weight is 592 g/mol. The van der Waals surface area contributed by atoms with Gasteiger partial charge in [-0.15, -0.1) is 0 Å². The average Bonchev–Trinajstić information content (AvgIpc) is 3.60. The van der Waals surface area contributed by atoms with Gasteiger partial charge in [-0.05, 0) is 39.2 Å². The van der Waals surface area contributed by atoms with Crippen LogP contribution in [0.3, 0.4) is 0 Å². The number of aromatic nitrogens is 8. The van der Waals surface area contributed by atoms with Gasteiger partial charge in [0.05, 0.1) is 25.0 Å². The predicted octanol–water partition coefficient (Wildman–Crippen LogP) is 6.37. The van der Waals surface area contributed by atoms with E-state index in [4.69, 9.17) is 14.7 Å². The molecular weight excluding hydrogens is 559 g/mol. The number of aryl methyl sites for hydroxylation is 1. The molecule has 0 radical (unpaired) electrons. The first-order chi connectivity index (χ1) is 20.5. The van der Waals surface area contributed by atoms with E-state index in [1.54, 1.807) is 28.5 Å². The van der Waals surface area contributed by atoms with Crippen LogP contribution >= 0.6 is 0 Å². The Labute approximate surface area is 246 Å². The molecule has 1 aromatic carbocycles. The number of anilines is 1. The summed E-state index contributed by atoms with van der Waals surface area (Å²) in [7, 11) is 5.34. The standard InChI is InChI=1S/C30H32F3N9O/c1-16(2)42-14-22(30(31,32)33)37-27(42)20-11-7-18(8-12-20)17(3)41(5)28-25-21(13-40(4)39-25)36-26(38-28)23-24(19-9-10-19)34-15-35-29(23)43-6/h7-8,11-17,19H,9-10H2,1-6H3. The maximum absolute atomic E-state index is 13.4. The van der Waals surface area contributed by atoms with E-state index < -0.39 is 11.9 Å². The van der Waals surface area contributed by atoms with Crippen LogP contribution in [0.1, 0.15) is 68.6 Å². The second-order valence-corrected chi connectivity index (χ2v) is 11.2. The van der Waals surface area contributed by atoms with Crippen molar-refractivity contribution < 1.29 is 17.9 Å². The number of methoxy groups -OCH3 is 1. The molecular formula is C30H32F3N9O. The number of fused-ring (bicyclic) bond motifs is 1. The number of nitrogens with zero attached hydrogens (tertiary/aromatic N) is 9. The van der Waals surface area contributed by atoms with E-state index >= 15 is 0 Å². The Balaban J connectivity index is 1.38. The lowest BCUT2D eigenvalue weighted by molar-refractivity contribution is -0.140. The summed E-state index contributed by atoms with van der Waals surface area (Å²) >= 11 is 0. The Morgan fingerprint density at radius 3 is 2.35 bits per heavy atom. The van der Waals surface area contributed by atoms with E-state index in [2.05, 4.69) is 20.1 Å². The largest absolute Gasteiger partial charge is 0.480 e. The molecule has 43 heavy (non-hydrogen) atoms. The van der Waals surface area contributed by atoms with Crippen LogP contribution in [-0.2, 0) is 13.2 Å². The van der Waals surface area contributed by atoms with Crippen molar-refractivity contribution in [2.75, 3.05) is 19.1 Å². The van der Waals surface area contributed by atoms with Crippen LogP contribution < -0.4 is 9.64 Å². The predicted molar refractivity (Wildman–Crippen MR) is 156 cm³/mol. The molecule has 1 fully saturated rings. The minimum Gasteiger partial charge on any atom is -0.480 e. The fraction of sp³-hybridized carbons (Fsp3) is 0.400. The summed E-state index contributed by atoms with van der Waals surface area (Å²) in [6, 6.07) is 7.05. The van der Waals surface area contributed by atoms with E-state index in [0.717, 1.165) is 30.3 Å². The molecule has 224 valence electrons. The summed E-state index contributed by atoms with van der Waals surface area (Å²) < 4.78 is 49.1. The molecule has 10 nitrogen and oxygen atoms in total. The topological polar surface area (TPSA) is 99.7 Å². The quantitative estimate of drug-likeness (QED) is 0.205. The van der Waals surface area contributed by atoms with Gasteiger partial charge in [-0.2, -0.15) is 18.3 Å². The van der Waals surface area contributed by atoms with Crippen LogP contribution in [0.25, 0.3) is 33.8 Å². The molecule has 0 spiro atoms. The molecule has 6 rings (SSSR count). The molecule has 1 atom stereocenters. The van der Waals surface area contributed by atoms with Gasteiger partial charge in [-0.1, -0.05) is 24.3 Å². The molecule has 4 aromatic heterocycles. The molecule has 0 bridgehead atoms. The van der Waals surface area contributed by atoms with Gasteiger partial charge in [0.25, 0.3) is 0 Å². The molecule has 0 amide bonds. The summed E-state index contributed by atoms with van der Waals surface area (Å²) in [5.41, 5.74) is 3.50. The third-order valence-electron chi connectivity index (χ3n) is 7.83. The lowest BCUT2D eigenvalue weighted by Crippen LogP contribution is -2.23. The number of hydrogen-bond donors (Lipinski definition) is 0. The summed E-state index contributed by atoms with van der Waals surface area (Å²) in [6.45, 7) is 5.69. The Morgan fingerprint density at radius 2 is 1.72 bits per heavy atom. The molecule has 13 heteroatoms. The fourth-order valence-corrected chi connectivity index (χ4v) is 5.24. The first kappa shape index (κ1) is 28.6. The molecule has 1 unspecified atom stereocenters. The number of benzene rings is 1. The second kappa shape index (κ2) is 10.6. The Morgan fingerprint density at radius 1 is 1.00 bits per heavy atom. The zero-order valence-corrected chi connectivity index (χ0v) is 24.8. The van der Waals surface area contributed by atoms with Gasteiger partial charge in [0.1, 0.15) is 23.2 Å². The first-order valence-corrected chi connectivity index (χ1v) is 14.1. The van der Waals surface area contributed by atoms with Crippen molar-refractivity contribution in [1.29, 1.82) is 0 Å². The molecule has 4 heterocycles. The summed E-state index contributed by atoms with van der Waals surface area (Å²) in [6.07, 6.45) is 1.98. The van der Waals surface area contributed by atoms with Gasteiger partial charge in [0, 0.05) is 37.8 Å². The van der Waals surface area contributed by atoms with Crippen molar-refractivity contribution in [3.63, 3.8) is 0 Å². The van der Waals surface area contributed by atoms with Crippen LogP contribution in [0, 0.1) is 0 Å². The van der Waals surface area contributed by atoms with Crippen molar-refractivity contribution in [3.8, 4) is 28.7 Å². The van der Waals surface area contributed by atoms with E-state index in [1.165, 1.54) is 6.33 Å². The van der Waals surface area contributed by atoms with Gasteiger partial charge >= 0.3 is 6.18 Å². The number of rotatable bonds is 8. The highest BCUT2D eigenvalue weighted by atomic mass is 19.4. The van der Waals surface area contributed by atoms with Crippen LogP contribution in [0.4, 0.5) is 19.0 Å². The van der Waals surface area contributed by atoms with Crippen molar-refractivity contribution in [1.82, 2.24) is 39.3 Å². The van der Waals surface area contributed by atoms with Gasteiger partial charge in [-0.3, -0.25) is 4.68 Å². The van der Waals surface area contributed by atoms with Gasteiger partial charge in [0.2, 0.25) is 5.88 Å². The molecule has 0 saturated heterocycles. The van der Waals surface area contributed by atoms with Gasteiger partial charge in [0.15, 0.2) is 22.9 Å². The minimum atomic E-state index is -4.52. The van der Waals surface area contributed by atoms with Crippen molar-refractivity contribution in [3.05, 3.63) is 59.9 Å². The molecule has 5 aromatic rings. The summed E-state index contributed by atoms with van der Waals surface area (Å²) in [5.74, 6) is 2.10. The maximum Gasteiger partial charge on any atom is 0.434 e. The van der Waals surface area contributed by atoms with Crippen LogP contribution in [-0.4, -0.2) is 53.4 Å². The first-order valence-electron chi connectivity index (χ1n) is 14.1. The van der Waals surface area contributed by atoms with Crippen molar-refractivity contribution in [2.24, 2.45) is 7.05 Å². The molecule has 1 aliphatic carbocycles. The van der Waals surface area contributed by atoms with Crippen molar-refractivity contribution >= 4 is 16.9 Å². The molecule has 1 aliphatic rings. The zero-order valence-electron chi connectivity index (χ0n) is 24.8. The smallest absolute Gasteiger partial charge is 0.434 e. The second-order valence-electron chi connectivity index (χ2n) is 11.2. The number of imidazole rings is 1. The van der Waals surface area contributed by atoms with Crippen LogP contribution in [0.2, 0.25) is 0 Å². The van der Waals surface area contributed by atoms with Crippen LogP contribution in [0.5, 0.6) is 5.88 Å². The minimum absolute atomic E-state index is 0.172. The van der Waals surface area contributed by atoms with Gasteiger partial charge < -0.3 is 14.2 Å². The molecule has 0 aliphatic heterocycles. The fourth-order valence-electron chi connectivity index (χ4n) is 5.24. The van der Waals surface area contributed by atoms with Gasteiger partial charge in [-0.25, -0.2) is 24.9 Å². The van der Waals surface area contributed by atoms with E-state index in [1.807, 2.05) is 58.1 Å². The number of ether oxygens (including phenoxy) is 1. The molecule has 1 saturated carbocycles. The lowest BCUT2D eigenvalue weighted by atomic mass is 10.0. The van der Waals surface area contributed by atoms with E-state index in [0.29, 0.717) is 45.6 Å². The highest BCUT2D eigenvalue weighted by molar-refractivity contribution is 5.88. The van der Waals surface area contributed by atoms with Crippen LogP contribution in [0.15, 0.2) is 43.0 Å². The number of alkyl halides is 3. The summed E-state index contributed by atoms with van der Waals surface area (Å²) in [5, 5.41) is 4.64. The Hall–Kier alpha value is -4.55. The highest BCUT2D eigenvalue weighted by Crippen LogP contribution is 2.45. The molecule has 0 N–H and O–H groups in total. The number of hydrogen-bond acceptors (Lipinski definition) is 8. The van der Waals surface area contributed by atoms with E-state index in [-0.39, 0.29) is 17.9 Å². The third-order valence-corrected chi connectivity index (χ3v) is 7.83. The number of halogens is 3. The monoisotopic (exact) mass is 591 g/mol. The lowest BCUT2D eigenvalue weighted by Gasteiger charge is -2.27. The maximum atomic E-state index is 13.4. The zero-order chi connectivity index (χ0) is 30.6. The summed E-state index contributed by atoms with van der Waals surface area (Å²) in [4.78, 5) is 24.7. The van der Waals surface area contributed by atoms with E-state index in [9.17, 15) is 13.2 Å². The highest BCUT2D eigenvalue weighted by Gasteiger charge is 2.35. The normalized spacial score (nSPS) is 14.5. The Bertz CT molecular complexity index is 1790. The Kier molecular flexibility index (Phi) is 7.05. The third kappa shape index (κ3) is 5.28. The van der Waals surface area contributed by atoms with Crippen molar-refractivity contribution in [2.45, 2.75) is 57.8 Å².